The van der Waals surface area contributed by atoms with Crippen molar-refractivity contribution in [3.63, 3.8) is 0 Å². The molecular weight excluding hydrogens is 1070 g/mol. The maximum atomic E-state index is 6.70. The molecule has 0 aliphatic heterocycles. The summed E-state index contributed by atoms with van der Waals surface area (Å²) in [4.78, 5) is 15.0. The van der Waals surface area contributed by atoms with Gasteiger partial charge in [-0.05, 0) is 70.5 Å². The van der Waals surface area contributed by atoms with Crippen molar-refractivity contribution in [3.05, 3.63) is 186 Å². The molecule has 1 radical (unpaired) electrons. The third-order valence-electron chi connectivity index (χ3n) is 12.6. The number of para-hydroxylation sites is 2. The minimum Gasteiger partial charge on any atom is -0.486 e. The Morgan fingerprint density at radius 2 is 1.31 bits per heavy atom. The SMILES string of the molecule is CC(C)Cc1cc(-c2[c-]cccc2)nc[c]1[Ge]([CH3])([CH3])[CH3].Cc1c[c-]c(-c2nc3ccccc3n2-c2c(C(C)C)cc(-c3ccccc3)cc2C(C)C)c2oc3nc(-c4ccccc4)ccc3c12.[Ir]. The summed E-state index contributed by atoms with van der Waals surface area (Å²) in [5.74, 6) is 9.35. The number of furan rings is 1. The minimum absolute atomic E-state index is 0. The molecule has 0 spiro atoms. The molecule has 10 rings (SSSR count). The average molecular weight is 1130 g/mol. The number of hydrogen-bond acceptors (Lipinski definition) is 4. The number of benzene rings is 6. The van der Waals surface area contributed by atoms with Gasteiger partial charge in [0.25, 0.3) is 0 Å². The van der Waals surface area contributed by atoms with Crippen molar-refractivity contribution in [2.45, 2.75) is 84.0 Å². The van der Waals surface area contributed by atoms with E-state index in [1.54, 1.807) is 4.40 Å². The molecule has 0 fully saturated rings. The first kappa shape index (κ1) is 48.5. The van der Waals surface area contributed by atoms with Crippen LogP contribution in [0.5, 0.6) is 0 Å². The zero-order chi connectivity index (χ0) is 47.0. The molecule has 0 amide bonds. The van der Waals surface area contributed by atoms with E-state index >= 15 is 0 Å². The second kappa shape index (κ2) is 20.4. The number of pyridine rings is 2. The molecule has 7 heteroatoms. The van der Waals surface area contributed by atoms with Crippen LogP contribution in [0.15, 0.2) is 156 Å². The van der Waals surface area contributed by atoms with Gasteiger partial charge in [-0.1, -0.05) is 118 Å². The van der Waals surface area contributed by atoms with E-state index in [1.807, 2.05) is 36.4 Å². The Labute approximate surface area is 418 Å². The van der Waals surface area contributed by atoms with Gasteiger partial charge in [-0.3, -0.25) is 4.98 Å². The maximum Gasteiger partial charge on any atom is 0.216 e. The Kier molecular flexibility index (Phi) is 14.5. The first-order chi connectivity index (χ1) is 32.3. The monoisotopic (exact) mass is 1130 g/mol. The van der Waals surface area contributed by atoms with Crippen LogP contribution in [0.4, 0.5) is 0 Å². The molecule has 0 saturated heterocycles. The quantitative estimate of drug-likeness (QED) is 0.101. The number of aryl methyl sites for hydroxylation is 1. The summed E-state index contributed by atoms with van der Waals surface area (Å²) in [7, 11) is 0. The molecule has 0 aliphatic carbocycles. The predicted octanol–water partition coefficient (Wildman–Crippen LogP) is 16.0. The molecule has 0 N–H and O–H groups in total. The normalized spacial score (nSPS) is 11.7. The molecule has 4 heterocycles. The van der Waals surface area contributed by atoms with Crippen molar-refractivity contribution in [1.82, 2.24) is 19.5 Å². The molecule has 0 bridgehead atoms. The molecule has 345 valence electrons. The van der Waals surface area contributed by atoms with Crippen LogP contribution in [0.3, 0.4) is 0 Å². The molecule has 5 nitrogen and oxygen atoms in total. The summed E-state index contributed by atoms with van der Waals surface area (Å²) < 4.78 is 10.6. The fraction of sp³-hybridized carbons (Fsp3) is 0.230. The topological polar surface area (TPSA) is 56.7 Å². The Bertz CT molecular complexity index is 3320. The zero-order valence-corrected chi connectivity index (χ0v) is 45.4. The van der Waals surface area contributed by atoms with E-state index in [2.05, 4.69) is 198 Å². The van der Waals surface area contributed by atoms with Crippen LogP contribution in [-0.2, 0) is 26.5 Å². The van der Waals surface area contributed by atoms with Crippen molar-refractivity contribution in [2.24, 2.45) is 5.92 Å². The summed E-state index contributed by atoms with van der Waals surface area (Å²) in [6.07, 6.45) is 3.27. The Hall–Kier alpha value is -5.92. The van der Waals surface area contributed by atoms with Gasteiger partial charge >= 0.3 is 126 Å². The van der Waals surface area contributed by atoms with E-state index < -0.39 is 13.3 Å². The van der Waals surface area contributed by atoms with Crippen LogP contribution in [0.25, 0.3) is 83.8 Å². The molecule has 0 aliphatic rings. The van der Waals surface area contributed by atoms with Crippen LogP contribution in [0.2, 0.25) is 17.3 Å². The Morgan fingerprint density at radius 3 is 1.94 bits per heavy atom. The van der Waals surface area contributed by atoms with Crippen LogP contribution >= 0.6 is 0 Å². The number of aromatic nitrogens is 4. The number of hydrogen-bond donors (Lipinski definition) is 0. The van der Waals surface area contributed by atoms with E-state index in [1.165, 1.54) is 33.5 Å². The maximum absolute atomic E-state index is 6.70. The van der Waals surface area contributed by atoms with Crippen molar-refractivity contribution in [1.29, 1.82) is 0 Å². The van der Waals surface area contributed by atoms with Crippen LogP contribution in [-0.4, -0.2) is 32.8 Å². The summed E-state index contributed by atoms with van der Waals surface area (Å²) in [5.41, 5.74) is 17.1. The Morgan fingerprint density at radius 1 is 0.662 bits per heavy atom. The van der Waals surface area contributed by atoms with Gasteiger partial charge < -0.3 is 8.98 Å². The molecule has 4 aromatic heterocycles. The van der Waals surface area contributed by atoms with Gasteiger partial charge in [0.2, 0.25) is 5.71 Å². The summed E-state index contributed by atoms with van der Waals surface area (Å²) in [6, 6.07) is 57.6. The number of imidazole rings is 1. The van der Waals surface area contributed by atoms with Crippen LogP contribution in [0, 0.1) is 25.0 Å². The van der Waals surface area contributed by atoms with Gasteiger partial charge in [-0.2, -0.15) is 0 Å². The van der Waals surface area contributed by atoms with Crippen LogP contribution < -0.4 is 4.40 Å². The third kappa shape index (κ3) is 9.83. The van der Waals surface area contributed by atoms with Gasteiger partial charge in [-0.25, -0.2) is 4.98 Å². The fourth-order valence-electron chi connectivity index (χ4n) is 9.32. The van der Waals surface area contributed by atoms with Crippen molar-refractivity contribution < 1.29 is 24.5 Å². The van der Waals surface area contributed by atoms with E-state index in [0.717, 1.165) is 73.3 Å². The number of rotatable bonds is 10. The second-order valence-electron chi connectivity index (χ2n) is 19.9. The van der Waals surface area contributed by atoms with E-state index in [4.69, 9.17) is 19.4 Å². The van der Waals surface area contributed by atoms with Gasteiger partial charge in [0, 0.05) is 36.7 Å². The summed E-state index contributed by atoms with van der Waals surface area (Å²) >= 11 is -1.86. The standard InChI is InChI=1S/C43H36N3O.C18H24GeN.Ir/c1-26(2)34-24-31(29-14-8-6-9-15-29)25-35(27(3)4)40(34)46-38-19-13-12-18-37(38)44-42(46)33-21-20-28(5)39-32-22-23-36(30-16-10-7-11-17-30)45-43(32)47-41(33)39;1-14(2)11-16-12-18(15-9-7-6-8-10-15)20-13-17(16)19(3,4)5;/h6-20,22-27H,1-5H3;6-9,12-14H,11H2,1-5H3;/q2*-1;. The third-order valence-corrected chi connectivity index (χ3v) is 17.0. The van der Waals surface area contributed by atoms with E-state index in [-0.39, 0.29) is 31.9 Å². The first-order valence-electron chi connectivity index (χ1n) is 23.7. The predicted molar refractivity (Wildman–Crippen MR) is 284 cm³/mol. The van der Waals surface area contributed by atoms with Gasteiger partial charge in [0.1, 0.15) is 0 Å². The van der Waals surface area contributed by atoms with Gasteiger partial charge in [0.15, 0.2) is 0 Å². The van der Waals surface area contributed by atoms with Crippen molar-refractivity contribution in [2.75, 3.05) is 0 Å². The average Bonchev–Trinajstić information content (AvgIpc) is 3.91. The molecule has 10 aromatic rings. The largest absolute Gasteiger partial charge is 0.486 e. The molecule has 0 atom stereocenters. The smallest absolute Gasteiger partial charge is 0.216 e. The molecule has 0 saturated carbocycles. The molecule has 68 heavy (non-hydrogen) atoms. The fourth-order valence-corrected chi connectivity index (χ4v) is 12.7. The van der Waals surface area contributed by atoms with E-state index in [0.29, 0.717) is 11.6 Å². The van der Waals surface area contributed by atoms with Crippen molar-refractivity contribution >= 4 is 50.8 Å². The summed E-state index contributed by atoms with van der Waals surface area (Å²) in [6.45, 7) is 15.8. The molecule has 0 unspecified atom stereocenters. The van der Waals surface area contributed by atoms with Crippen molar-refractivity contribution in [3.8, 4) is 50.7 Å². The van der Waals surface area contributed by atoms with Crippen LogP contribution in [0.1, 0.15) is 75.6 Å². The van der Waals surface area contributed by atoms with Gasteiger partial charge in [0.05, 0.1) is 28.1 Å². The first-order valence-corrected chi connectivity index (χ1v) is 31.1. The van der Waals surface area contributed by atoms with E-state index in [9.17, 15) is 0 Å². The molecule has 6 aromatic carbocycles. The Balaban J connectivity index is 0.000000251. The number of fused-ring (bicyclic) bond motifs is 4. The summed E-state index contributed by atoms with van der Waals surface area (Å²) in [5, 5.41) is 2.04. The van der Waals surface area contributed by atoms with Gasteiger partial charge in [-0.15, -0.1) is 17.7 Å². The molecular formula is C61H60GeIrN4O-2. The number of nitrogens with zero attached hydrogens (tertiary/aromatic N) is 4. The minimum atomic E-state index is -1.86. The zero-order valence-electron chi connectivity index (χ0n) is 40.9. The second-order valence-corrected chi connectivity index (χ2v) is 30.4.